The van der Waals surface area contributed by atoms with Gasteiger partial charge in [-0.2, -0.15) is 5.10 Å². The van der Waals surface area contributed by atoms with Crippen molar-refractivity contribution in [1.82, 2.24) is 14.8 Å². The predicted molar refractivity (Wildman–Crippen MR) is 108 cm³/mol. The van der Waals surface area contributed by atoms with Gasteiger partial charge >= 0.3 is 0 Å². The maximum Gasteiger partial charge on any atom is 0.266 e. The molecule has 3 rings (SSSR count). The number of hydrogen-bond donors (Lipinski definition) is 1. The van der Waals surface area contributed by atoms with E-state index in [-0.39, 0.29) is 17.9 Å². The number of rotatable bonds is 7. The van der Waals surface area contributed by atoms with Crippen molar-refractivity contribution >= 4 is 23.2 Å². The van der Waals surface area contributed by atoms with Crippen molar-refractivity contribution in [3.05, 3.63) is 70.2 Å². The molecule has 0 bridgehead atoms. The molecule has 3 aromatic rings. The average molecular weight is 399 g/mol. The summed E-state index contributed by atoms with van der Waals surface area (Å²) in [7, 11) is 1.52. The minimum Gasteiger partial charge on any atom is -0.495 e. The third kappa shape index (κ3) is 4.95. The van der Waals surface area contributed by atoms with Crippen molar-refractivity contribution in [2.75, 3.05) is 12.4 Å². The molecule has 0 saturated heterocycles. The number of benzene rings is 1. The number of amides is 1. The summed E-state index contributed by atoms with van der Waals surface area (Å²) in [5.74, 6) is 0.333. The fraction of sp³-hybridized carbons (Fsp3) is 0.200. The number of carbonyl (C=O) groups excluding carboxylic acids is 1. The summed E-state index contributed by atoms with van der Waals surface area (Å²) >= 11 is 5.97. The van der Waals surface area contributed by atoms with Crippen LogP contribution < -0.4 is 15.6 Å². The van der Waals surface area contributed by atoms with Gasteiger partial charge in [-0.05, 0) is 42.8 Å². The SMILES string of the molecule is COc1ccc(Cl)cc1NC(=O)CCCn1nc(-c2ccncc2)ccc1=O. The summed E-state index contributed by atoms with van der Waals surface area (Å²) in [5, 5.41) is 7.65. The predicted octanol–water partition coefficient (Wildman–Crippen LogP) is 3.39. The quantitative estimate of drug-likeness (QED) is 0.659. The molecule has 0 fully saturated rings. The van der Waals surface area contributed by atoms with Gasteiger partial charge in [0.25, 0.3) is 5.56 Å². The summed E-state index contributed by atoms with van der Waals surface area (Å²) in [4.78, 5) is 28.3. The van der Waals surface area contributed by atoms with E-state index in [0.717, 1.165) is 5.56 Å². The number of carbonyl (C=O) groups is 1. The van der Waals surface area contributed by atoms with E-state index >= 15 is 0 Å². The highest BCUT2D eigenvalue weighted by Gasteiger charge is 2.09. The Bertz CT molecular complexity index is 1020. The lowest BCUT2D eigenvalue weighted by Crippen LogP contribution is -2.23. The Balaban J connectivity index is 1.61. The summed E-state index contributed by atoms with van der Waals surface area (Å²) in [6.45, 7) is 0.331. The van der Waals surface area contributed by atoms with Crippen LogP contribution in [0.25, 0.3) is 11.3 Å². The van der Waals surface area contributed by atoms with Crippen LogP contribution in [-0.4, -0.2) is 27.8 Å². The highest BCUT2D eigenvalue weighted by atomic mass is 35.5. The molecule has 1 amide bonds. The second-order valence-electron chi connectivity index (χ2n) is 6.01. The molecule has 144 valence electrons. The standard InChI is InChI=1S/C20H19ClN4O3/c1-28-18-6-4-15(21)13-17(18)23-19(26)3-2-12-25-20(27)7-5-16(24-25)14-8-10-22-11-9-14/h4-11,13H,2-3,12H2,1H3,(H,23,26). The first-order valence-corrected chi connectivity index (χ1v) is 9.06. The van der Waals surface area contributed by atoms with Gasteiger partial charge in [-0.3, -0.25) is 14.6 Å². The van der Waals surface area contributed by atoms with Gasteiger partial charge in [0.2, 0.25) is 5.91 Å². The lowest BCUT2D eigenvalue weighted by molar-refractivity contribution is -0.116. The molecule has 1 N–H and O–H groups in total. The second kappa shape index (κ2) is 9.14. The molecule has 0 radical (unpaired) electrons. The third-order valence-corrected chi connectivity index (χ3v) is 4.29. The van der Waals surface area contributed by atoms with E-state index in [1.54, 1.807) is 36.7 Å². The van der Waals surface area contributed by atoms with Crippen LogP contribution in [-0.2, 0) is 11.3 Å². The molecule has 7 nitrogen and oxygen atoms in total. The van der Waals surface area contributed by atoms with Crippen LogP contribution >= 0.6 is 11.6 Å². The Morgan fingerprint density at radius 2 is 1.96 bits per heavy atom. The molecule has 2 aromatic heterocycles. The van der Waals surface area contributed by atoms with Gasteiger partial charge in [-0.25, -0.2) is 4.68 Å². The minimum atomic E-state index is -0.213. The molecule has 0 aliphatic rings. The van der Waals surface area contributed by atoms with Crippen LogP contribution in [0.15, 0.2) is 59.7 Å². The Kier molecular flexibility index (Phi) is 6.39. The lowest BCUT2D eigenvalue weighted by Gasteiger charge is -2.11. The van der Waals surface area contributed by atoms with Gasteiger partial charge < -0.3 is 10.1 Å². The number of halogens is 1. The zero-order valence-corrected chi connectivity index (χ0v) is 16.0. The number of anilines is 1. The van der Waals surface area contributed by atoms with Crippen molar-refractivity contribution in [2.24, 2.45) is 0 Å². The monoisotopic (exact) mass is 398 g/mol. The summed E-state index contributed by atoms with van der Waals surface area (Å²) in [6, 6.07) is 11.8. The fourth-order valence-electron chi connectivity index (χ4n) is 2.67. The van der Waals surface area contributed by atoms with Gasteiger partial charge in [-0.15, -0.1) is 0 Å². The summed E-state index contributed by atoms with van der Waals surface area (Å²) in [5.41, 5.74) is 1.84. The van der Waals surface area contributed by atoms with E-state index in [2.05, 4.69) is 15.4 Å². The molecule has 0 spiro atoms. The molecular weight excluding hydrogens is 380 g/mol. The van der Waals surface area contributed by atoms with E-state index in [0.29, 0.717) is 35.1 Å². The number of pyridine rings is 1. The molecule has 0 atom stereocenters. The van der Waals surface area contributed by atoms with Crippen molar-refractivity contribution in [1.29, 1.82) is 0 Å². The van der Waals surface area contributed by atoms with Crippen molar-refractivity contribution in [3.63, 3.8) is 0 Å². The van der Waals surface area contributed by atoms with Crippen LogP contribution in [0.1, 0.15) is 12.8 Å². The summed E-state index contributed by atoms with van der Waals surface area (Å²) in [6.07, 6.45) is 4.02. The number of methoxy groups -OCH3 is 1. The van der Waals surface area contributed by atoms with Gasteiger partial charge in [0.1, 0.15) is 5.75 Å². The van der Waals surface area contributed by atoms with Crippen molar-refractivity contribution in [3.8, 4) is 17.0 Å². The van der Waals surface area contributed by atoms with Crippen LogP contribution in [0.3, 0.4) is 0 Å². The number of nitrogens with zero attached hydrogens (tertiary/aromatic N) is 3. The Morgan fingerprint density at radius 3 is 2.71 bits per heavy atom. The molecule has 8 heteroatoms. The van der Waals surface area contributed by atoms with Gasteiger partial charge in [0.05, 0.1) is 18.5 Å². The molecule has 0 saturated carbocycles. The fourth-order valence-corrected chi connectivity index (χ4v) is 2.84. The maximum absolute atomic E-state index is 12.2. The Labute approximate surface area is 166 Å². The number of nitrogens with one attached hydrogen (secondary N) is 1. The van der Waals surface area contributed by atoms with Crippen LogP contribution in [0.5, 0.6) is 5.75 Å². The van der Waals surface area contributed by atoms with E-state index in [1.165, 1.54) is 17.9 Å². The molecule has 2 heterocycles. The van der Waals surface area contributed by atoms with Crippen molar-refractivity contribution in [2.45, 2.75) is 19.4 Å². The topological polar surface area (TPSA) is 86.1 Å². The molecule has 0 aliphatic carbocycles. The summed E-state index contributed by atoms with van der Waals surface area (Å²) < 4.78 is 6.58. The first-order valence-electron chi connectivity index (χ1n) is 8.69. The normalized spacial score (nSPS) is 10.5. The van der Waals surface area contributed by atoms with Crippen LogP contribution in [0.2, 0.25) is 5.02 Å². The third-order valence-electron chi connectivity index (χ3n) is 4.05. The van der Waals surface area contributed by atoms with Crippen LogP contribution in [0, 0.1) is 0 Å². The lowest BCUT2D eigenvalue weighted by atomic mass is 10.2. The first-order chi connectivity index (χ1) is 13.6. The van der Waals surface area contributed by atoms with Gasteiger partial charge in [-0.1, -0.05) is 11.6 Å². The molecule has 28 heavy (non-hydrogen) atoms. The van der Waals surface area contributed by atoms with E-state index in [4.69, 9.17) is 16.3 Å². The minimum absolute atomic E-state index is 0.195. The van der Waals surface area contributed by atoms with E-state index < -0.39 is 0 Å². The zero-order chi connectivity index (χ0) is 19.9. The molecule has 1 aromatic carbocycles. The van der Waals surface area contributed by atoms with Gasteiger partial charge in [0.15, 0.2) is 0 Å². The largest absolute Gasteiger partial charge is 0.495 e. The Hall–Kier alpha value is -3.19. The maximum atomic E-state index is 12.2. The molecule has 0 aliphatic heterocycles. The smallest absolute Gasteiger partial charge is 0.266 e. The number of ether oxygens (including phenoxy) is 1. The molecule has 0 unspecified atom stereocenters. The number of aryl methyl sites for hydroxylation is 1. The van der Waals surface area contributed by atoms with Crippen molar-refractivity contribution < 1.29 is 9.53 Å². The van der Waals surface area contributed by atoms with Crippen LogP contribution in [0.4, 0.5) is 5.69 Å². The number of aromatic nitrogens is 3. The second-order valence-corrected chi connectivity index (χ2v) is 6.45. The Morgan fingerprint density at radius 1 is 1.18 bits per heavy atom. The average Bonchev–Trinajstić information content (AvgIpc) is 2.70. The highest BCUT2D eigenvalue weighted by molar-refractivity contribution is 6.31. The van der Waals surface area contributed by atoms with Gasteiger partial charge in [0, 0.05) is 42.0 Å². The van der Waals surface area contributed by atoms with E-state index in [1.807, 2.05) is 12.1 Å². The van der Waals surface area contributed by atoms with E-state index in [9.17, 15) is 9.59 Å². The highest BCUT2D eigenvalue weighted by Crippen LogP contribution is 2.27. The first kappa shape index (κ1) is 19.6. The molecular formula is C20H19ClN4O3. The number of hydrogen-bond acceptors (Lipinski definition) is 5. The zero-order valence-electron chi connectivity index (χ0n) is 15.3.